The van der Waals surface area contributed by atoms with Crippen molar-refractivity contribution in [1.29, 1.82) is 0 Å². The minimum Gasteiger partial charge on any atom is -0.459 e. The lowest BCUT2D eigenvalue weighted by Gasteiger charge is -2.10. The number of aryl methyl sites for hydroxylation is 1. The maximum atomic E-state index is 12.4. The second kappa shape index (κ2) is 8.60. The van der Waals surface area contributed by atoms with Crippen molar-refractivity contribution >= 4 is 29.3 Å². The predicted molar refractivity (Wildman–Crippen MR) is 105 cm³/mol. The minimum absolute atomic E-state index is 0.190. The highest BCUT2D eigenvalue weighted by atomic mass is 32.2. The Morgan fingerprint density at radius 2 is 1.89 bits per heavy atom. The molecular formula is C21H19NO4S. The lowest BCUT2D eigenvalue weighted by atomic mass is 10.1. The topological polar surface area (TPSA) is 68.5 Å². The summed E-state index contributed by atoms with van der Waals surface area (Å²) in [5.74, 6) is -0.615. The van der Waals surface area contributed by atoms with Crippen LogP contribution in [0, 0.1) is 6.92 Å². The van der Waals surface area contributed by atoms with Crippen LogP contribution in [0.4, 0.5) is 5.69 Å². The van der Waals surface area contributed by atoms with Crippen LogP contribution in [0.5, 0.6) is 0 Å². The first-order valence-corrected chi connectivity index (χ1v) is 9.55. The fourth-order valence-corrected chi connectivity index (χ4v) is 2.84. The molecule has 3 aromatic rings. The Labute approximate surface area is 161 Å². The molecule has 0 spiro atoms. The van der Waals surface area contributed by atoms with Gasteiger partial charge in [-0.3, -0.25) is 4.79 Å². The van der Waals surface area contributed by atoms with E-state index in [9.17, 15) is 9.59 Å². The third kappa shape index (κ3) is 4.80. The van der Waals surface area contributed by atoms with E-state index in [4.69, 9.17) is 9.15 Å². The molecule has 0 bridgehead atoms. The van der Waals surface area contributed by atoms with Gasteiger partial charge in [0, 0.05) is 10.6 Å². The number of amides is 1. The maximum absolute atomic E-state index is 12.4. The SMILES string of the molecule is CSc1ccc(COC(=O)c2ccc(C)c(NC(=O)c3ccco3)c2)cc1. The number of rotatable bonds is 6. The van der Waals surface area contributed by atoms with Gasteiger partial charge >= 0.3 is 5.97 Å². The van der Waals surface area contributed by atoms with E-state index in [0.717, 1.165) is 16.0 Å². The number of furan rings is 1. The molecule has 1 heterocycles. The monoisotopic (exact) mass is 381 g/mol. The summed E-state index contributed by atoms with van der Waals surface area (Å²) in [4.78, 5) is 25.7. The van der Waals surface area contributed by atoms with Gasteiger partial charge in [-0.15, -0.1) is 11.8 Å². The Hall–Kier alpha value is -2.99. The molecule has 0 aliphatic carbocycles. The van der Waals surface area contributed by atoms with E-state index in [-0.39, 0.29) is 18.3 Å². The molecule has 1 N–H and O–H groups in total. The fraction of sp³-hybridized carbons (Fsp3) is 0.143. The van der Waals surface area contributed by atoms with E-state index in [1.54, 1.807) is 42.1 Å². The second-order valence-electron chi connectivity index (χ2n) is 5.89. The number of ether oxygens (including phenoxy) is 1. The number of carbonyl (C=O) groups is 2. The number of carbonyl (C=O) groups excluding carboxylic acids is 2. The van der Waals surface area contributed by atoms with E-state index in [2.05, 4.69) is 5.32 Å². The van der Waals surface area contributed by atoms with Gasteiger partial charge in [-0.25, -0.2) is 4.79 Å². The van der Waals surface area contributed by atoms with Crippen molar-refractivity contribution in [3.8, 4) is 0 Å². The van der Waals surface area contributed by atoms with E-state index < -0.39 is 5.97 Å². The van der Waals surface area contributed by atoms with Gasteiger partial charge in [0.1, 0.15) is 6.61 Å². The van der Waals surface area contributed by atoms with Gasteiger partial charge in [0.2, 0.25) is 0 Å². The van der Waals surface area contributed by atoms with Crippen molar-refractivity contribution in [3.63, 3.8) is 0 Å². The molecule has 6 heteroatoms. The lowest BCUT2D eigenvalue weighted by Crippen LogP contribution is -2.13. The van der Waals surface area contributed by atoms with Crippen molar-refractivity contribution in [2.24, 2.45) is 0 Å². The molecule has 0 aliphatic rings. The summed E-state index contributed by atoms with van der Waals surface area (Å²) in [6, 6.07) is 16.1. The van der Waals surface area contributed by atoms with Crippen molar-refractivity contribution in [2.75, 3.05) is 11.6 Å². The number of nitrogens with one attached hydrogen (secondary N) is 1. The molecule has 3 rings (SSSR count). The van der Waals surface area contributed by atoms with Crippen LogP contribution >= 0.6 is 11.8 Å². The molecule has 0 aliphatic heterocycles. The van der Waals surface area contributed by atoms with Gasteiger partial charge in [-0.05, 0) is 60.7 Å². The van der Waals surface area contributed by atoms with Crippen LogP contribution in [0.2, 0.25) is 0 Å². The number of anilines is 1. The Morgan fingerprint density at radius 1 is 1.11 bits per heavy atom. The van der Waals surface area contributed by atoms with Crippen LogP contribution in [0.25, 0.3) is 0 Å². The molecule has 0 saturated heterocycles. The van der Waals surface area contributed by atoms with Gasteiger partial charge < -0.3 is 14.5 Å². The molecule has 0 unspecified atom stereocenters. The van der Waals surface area contributed by atoms with Crippen molar-refractivity contribution < 1.29 is 18.7 Å². The molecule has 0 saturated carbocycles. The fourth-order valence-electron chi connectivity index (χ4n) is 2.43. The molecule has 2 aromatic carbocycles. The molecule has 138 valence electrons. The zero-order valence-electron chi connectivity index (χ0n) is 15.0. The number of hydrogen-bond donors (Lipinski definition) is 1. The summed E-state index contributed by atoms with van der Waals surface area (Å²) in [6.45, 7) is 2.04. The Bertz CT molecular complexity index is 933. The lowest BCUT2D eigenvalue weighted by molar-refractivity contribution is 0.0472. The number of hydrogen-bond acceptors (Lipinski definition) is 5. The second-order valence-corrected chi connectivity index (χ2v) is 6.76. The molecule has 1 aromatic heterocycles. The third-order valence-corrected chi connectivity index (χ3v) is 4.74. The van der Waals surface area contributed by atoms with Gasteiger partial charge in [0.25, 0.3) is 5.91 Å². The highest BCUT2D eigenvalue weighted by Crippen LogP contribution is 2.20. The van der Waals surface area contributed by atoms with Crippen LogP contribution in [-0.2, 0) is 11.3 Å². The largest absolute Gasteiger partial charge is 0.459 e. The number of benzene rings is 2. The molecule has 27 heavy (non-hydrogen) atoms. The average molecular weight is 381 g/mol. The number of thioether (sulfide) groups is 1. The first-order chi connectivity index (χ1) is 13.1. The smallest absolute Gasteiger partial charge is 0.338 e. The van der Waals surface area contributed by atoms with Crippen LogP contribution < -0.4 is 5.32 Å². The molecule has 0 fully saturated rings. The van der Waals surface area contributed by atoms with Crippen LogP contribution in [0.3, 0.4) is 0 Å². The quantitative estimate of drug-likeness (QED) is 0.485. The standard InChI is InChI=1S/C21H19NO4S/c1-14-5-8-16(12-18(14)22-20(23)19-4-3-11-25-19)21(24)26-13-15-6-9-17(27-2)10-7-15/h3-12H,13H2,1-2H3,(H,22,23). The Kier molecular flexibility index (Phi) is 5.98. The summed E-state index contributed by atoms with van der Waals surface area (Å²) < 4.78 is 10.5. The zero-order valence-corrected chi connectivity index (χ0v) is 15.8. The normalized spacial score (nSPS) is 10.4. The molecule has 1 amide bonds. The summed E-state index contributed by atoms with van der Waals surface area (Å²) in [5, 5.41) is 2.75. The first kappa shape index (κ1) is 18.8. The Morgan fingerprint density at radius 3 is 2.56 bits per heavy atom. The van der Waals surface area contributed by atoms with E-state index in [1.807, 2.05) is 37.4 Å². The van der Waals surface area contributed by atoms with Crippen molar-refractivity contribution in [1.82, 2.24) is 0 Å². The first-order valence-electron chi connectivity index (χ1n) is 8.32. The van der Waals surface area contributed by atoms with Crippen LogP contribution in [0.15, 0.2) is 70.2 Å². The van der Waals surface area contributed by atoms with Crippen LogP contribution in [-0.4, -0.2) is 18.1 Å². The molecule has 0 radical (unpaired) electrons. The summed E-state index contributed by atoms with van der Waals surface area (Å²) in [7, 11) is 0. The van der Waals surface area contributed by atoms with Gasteiger partial charge in [-0.2, -0.15) is 0 Å². The average Bonchev–Trinajstić information content (AvgIpc) is 3.23. The zero-order chi connectivity index (χ0) is 19.2. The number of esters is 1. The summed E-state index contributed by atoms with van der Waals surface area (Å²) in [6.07, 6.45) is 3.44. The molecule has 0 atom stereocenters. The highest BCUT2D eigenvalue weighted by molar-refractivity contribution is 7.98. The maximum Gasteiger partial charge on any atom is 0.338 e. The predicted octanol–water partition coefficient (Wildman–Crippen LogP) is 4.92. The Balaban J connectivity index is 1.66. The third-order valence-electron chi connectivity index (χ3n) is 4.00. The minimum atomic E-state index is -0.447. The van der Waals surface area contributed by atoms with Crippen molar-refractivity contribution in [2.45, 2.75) is 18.4 Å². The van der Waals surface area contributed by atoms with Crippen molar-refractivity contribution in [3.05, 3.63) is 83.3 Å². The van der Waals surface area contributed by atoms with Crippen LogP contribution in [0.1, 0.15) is 32.0 Å². The van der Waals surface area contributed by atoms with Gasteiger partial charge in [-0.1, -0.05) is 18.2 Å². The molecule has 5 nitrogen and oxygen atoms in total. The van der Waals surface area contributed by atoms with E-state index >= 15 is 0 Å². The highest BCUT2D eigenvalue weighted by Gasteiger charge is 2.14. The summed E-state index contributed by atoms with van der Waals surface area (Å²) in [5.41, 5.74) is 2.66. The van der Waals surface area contributed by atoms with E-state index in [1.165, 1.54) is 6.26 Å². The summed E-state index contributed by atoms with van der Waals surface area (Å²) >= 11 is 1.66. The molecular weight excluding hydrogens is 362 g/mol. The van der Waals surface area contributed by atoms with Gasteiger partial charge in [0.05, 0.1) is 11.8 Å². The van der Waals surface area contributed by atoms with E-state index in [0.29, 0.717) is 11.3 Å². The van der Waals surface area contributed by atoms with Gasteiger partial charge in [0.15, 0.2) is 5.76 Å².